The number of aromatic nitrogens is 1. The van der Waals surface area contributed by atoms with Gasteiger partial charge in [-0.15, -0.1) is 0 Å². The van der Waals surface area contributed by atoms with E-state index in [0.29, 0.717) is 16.8 Å². The van der Waals surface area contributed by atoms with Gasteiger partial charge < -0.3 is 10.2 Å². The number of benzene rings is 1. The van der Waals surface area contributed by atoms with E-state index in [1.54, 1.807) is 32.9 Å². The fourth-order valence-electron chi connectivity index (χ4n) is 2.13. The summed E-state index contributed by atoms with van der Waals surface area (Å²) in [6.45, 7) is 4.73. The van der Waals surface area contributed by atoms with Crippen LogP contribution in [0.1, 0.15) is 27.9 Å². The van der Waals surface area contributed by atoms with Gasteiger partial charge in [0.05, 0.1) is 23.4 Å². The molecule has 0 amide bonds. The Morgan fingerprint density at radius 1 is 1.29 bits per heavy atom. The first-order chi connectivity index (χ1) is 11.3. The first kappa shape index (κ1) is 17.9. The number of nitrogens with zero attached hydrogens (tertiary/aromatic N) is 2. The van der Waals surface area contributed by atoms with E-state index in [2.05, 4.69) is 14.9 Å². The van der Waals surface area contributed by atoms with Crippen LogP contribution in [0.4, 0.5) is 0 Å². The Morgan fingerprint density at radius 2 is 2.00 bits per heavy atom. The highest BCUT2D eigenvalue weighted by atomic mass is 32.2. The van der Waals surface area contributed by atoms with Crippen LogP contribution < -0.4 is 4.83 Å². The lowest BCUT2D eigenvalue weighted by atomic mass is 10.1. The molecular formula is C16H19N3O4S. The average molecular weight is 349 g/mol. The normalized spacial score (nSPS) is 11.8. The van der Waals surface area contributed by atoms with E-state index in [4.69, 9.17) is 0 Å². The van der Waals surface area contributed by atoms with Crippen molar-refractivity contribution in [1.29, 1.82) is 0 Å². The van der Waals surface area contributed by atoms with Crippen LogP contribution in [0.3, 0.4) is 0 Å². The lowest BCUT2D eigenvalue weighted by Gasteiger charge is -2.09. The van der Waals surface area contributed by atoms with Crippen molar-refractivity contribution in [3.63, 3.8) is 0 Å². The highest BCUT2D eigenvalue weighted by Crippen LogP contribution is 2.22. The lowest BCUT2D eigenvalue weighted by Crippen LogP contribution is -2.19. The van der Waals surface area contributed by atoms with Gasteiger partial charge in [0.2, 0.25) is 0 Å². The van der Waals surface area contributed by atoms with Crippen molar-refractivity contribution in [3.05, 3.63) is 52.3 Å². The Hall–Kier alpha value is -2.45. The molecular weight excluding hydrogens is 330 g/mol. The summed E-state index contributed by atoms with van der Waals surface area (Å²) in [6.07, 6.45) is 2.55. The fraction of sp³-hybridized carbons (Fsp3) is 0.250. The molecule has 128 valence electrons. The zero-order valence-corrected chi connectivity index (χ0v) is 14.4. The van der Waals surface area contributed by atoms with E-state index in [9.17, 15) is 18.6 Å². The lowest BCUT2D eigenvalue weighted by molar-refractivity contribution is 0.280. The van der Waals surface area contributed by atoms with Crippen molar-refractivity contribution in [3.8, 4) is 5.75 Å². The van der Waals surface area contributed by atoms with Crippen LogP contribution in [-0.2, 0) is 16.6 Å². The van der Waals surface area contributed by atoms with Gasteiger partial charge in [0.25, 0.3) is 10.0 Å². The zero-order valence-electron chi connectivity index (χ0n) is 13.6. The second kappa shape index (κ2) is 6.98. The molecule has 1 aromatic heterocycles. The second-order valence-electron chi connectivity index (χ2n) is 5.41. The molecule has 3 N–H and O–H groups in total. The molecule has 2 rings (SSSR count). The highest BCUT2D eigenvalue weighted by molar-refractivity contribution is 7.89. The maximum atomic E-state index is 12.4. The minimum atomic E-state index is -3.83. The van der Waals surface area contributed by atoms with Gasteiger partial charge in [-0.25, -0.2) is 4.83 Å². The highest BCUT2D eigenvalue weighted by Gasteiger charge is 2.16. The van der Waals surface area contributed by atoms with Crippen molar-refractivity contribution >= 4 is 16.2 Å². The quantitative estimate of drug-likeness (QED) is 0.560. The van der Waals surface area contributed by atoms with Crippen LogP contribution in [0.25, 0.3) is 0 Å². The molecule has 0 fully saturated rings. The third-order valence-electron chi connectivity index (χ3n) is 3.53. The molecule has 0 spiro atoms. The summed E-state index contributed by atoms with van der Waals surface area (Å²) >= 11 is 0. The van der Waals surface area contributed by atoms with E-state index in [1.807, 2.05) is 6.07 Å². The minimum Gasteiger partial charge on any atom is -0.505 e. The molecule has 0 saturated carbocycles. The molecule has 1 heterocycles. The van der Waals surface area contributed by atoms with Gasteiger partial charge in [-0.05, 0) is 38.0 Å². The number of aryl methyl sites for hydroxylation is 3. The summed E-state index contributed by atoms with van der Waals surface area (Å²) in [5.41, 5.74) is 2.32. The average Bonchev–Trinajstić information content (AvgIpc) is 2.53. The van der Waals surface area contributed by atoms with E-state index in [-0.39, 0.29) is 22.8 Å². The topological polar surface area (TPSA) is 112 Å². The molecule has 0 aliphatic carbocycles. The molecule has 0 radical (unpaired) electrons. The van der Waals surface area contributed by atoms with Crippen molar-refractivity contribution < 1.29 is 18.6 Å². The zero-order chi connectivity index (χ0) is 17.9. The summed E-state index contributed by atoms with van der Waals surface area (Å²) in [7, 11) is -3.83. The van der Waals surface area contributed by atoms with Crippen LogP contribution in [0.15, 0.2) is 34.4 Å². The SMILES string of the molecule is Cc1ccc(C)c(S(=O)(=O)N/N=C/c2c(CO)cnc(C)c2O)c1. The minimum absolute atomic E-state index is 0.136. The Morgan fingerprint density at radius 3 is 2.67 bits per heavy atom. The number of aliphatic hydroxyl groups is 1. The van der Waals surface area contributed by atoms with Crippen molar-refractivity contribution in [2.75, 3.05) is 0 Å². The maximum Gasteiger partial charge on any atom is 0.276 e. The predicted octanol–water partition coefficient (Wildman–Crippen LogP) is 1.52. The first-order valence-electron chi connectivity index (χ1n) is 7.16. The molecule has 0 aliphatic heterocycles. The van der Waals surface area contributed by atoms with Crippen molar-refractivity contribution in [2.45, 2.75) is 32.3 Å². The van der Waals surface area contributed by atoms with Crippen LogP contribution in [0, 0.1) is 20.8 Å². The van der Waals surface area contributed by atoms with E-state index >= 15 is 0 Å². The molecule has 0 bridgehead atoms. The van der Waals surface area contributed by atoms with Gasteiger partial charge in [0, 0.05) is 17.3 Å². The van der Waals surface area contributed by atoms with Gasteiger partial charge in [-0.3, -0.25) is 4.98 Å². The van der Waals surface area contributed by atoms with Gasteiger partial charge in [-0.1, -0.05) is 12.1 Å². The number of aromatic hydroxyl groups is 1. The van der Waals surface area contributed by atoms with Crippen molar-refractivity contribution in [2.24, 2.45) is 5.10 Å². The monoisotopic (exact) mass is 349 g/mol. The molecule has 8 heteroatoms. The van der Waals surface area contributed by atoms with E-state index in [0.717, 1.165) is 11.8 Å². The Labute approximate surface area is 140 Å². The van der Waals surface area contributed by atoms with E-state index < -0.39 is 10.0 Å². The number of sulfonamides is 1. The fourth-order valence-corrected chi connectivity index (χ4v) is 3.25. The number of rotatable bonds is 5. The number of hydrogen-bond acceptors (Lipinski definition) is 6. The summed E-state index contributed by atoms with van der Waals surface area (Å²) in [5, 5.41) is 23.0. The van der Waals surface area contributed by atoms with Crippen LogP contribution >= 0.6 is 0 Å². The number of nitrogens with one attached hydrogen (secondary N) is 1. The standard InChI is InChI=1S/C16H19N3O4S/c1-10-4-5-11(2)15(6-10)24(22,23)19-18-8-14-13(9-20)7-17-12(3)16(14)21/h4-8,19-21H,9H2,1-3H3/b18-8+. The largest absolute Gasteiger partial charge is 0.505 e. The summed E-state index contributed by atoms with van der Waals surface area (Å²) < 4.78 is 24.7. The molecule has 2 aromatic rings. The molecule has 7 nitrogen and oxygen atoms in total. The number of aliphatic hydroxyl groups excluding tert-OH is 1. The molecule has 1 aromatic carbocycles. The molecule has 0 unspecified atom stereocenters. The Balaban J connectivity index is 2.32. The van der Waals surface area contributed by atoms with Crippen LogP contribution in [-0.4, -0.2) is 29.8 Å². The second-order valence-corrected chi connectivity index (χ2v) is 7.04. The maximum absolute atomic E-state index is 12.4. The number of pyridine rings is 1. The molecule has 0 saturated heterocycles. The predicted molar refractivity (Wildman–Crippen MR) is 90.4 cm³/mol. The number of hydrogen-bond donors (Lipinski definition) is 3. The van der Waals surface area contributed by atoms with Gasteiger partial charge >= 0.3 is 0 Å². The molecule has 24 heavy (non-hydrogen) atoms. The Bertz CT molecular complexity index is 892. The number of hydrazone groups is 1. The summed E-state index contributed by atoms with van der Waals surface area (Å²) in [6, 6.07) is 5.10. The third kappa shape index (κ3) is 3.72. The van der Waals surface area contributed by atoms with Crippen LogP contribution in [0.2, 0.25) is 0 Å². The first-order valence-corrected chi connectivity index (χ1v) is 8.65. The third-order valence-corrected chi connectivity index (χ3v) is 4.89. The molecule has 0 atom stereocenters. The van der Waals surface area contributed by atoms with Gasteiger partial charge in [0.1, 0.15) is 5.75 Å². The molecule has 0 aliphatic rings. The summed E-state index contributed by atoms with van der Waals surface area (Å²) in [4.78, 5) is 6.18. The Kier molecular flexibility index (Phi) is 5.20. The van der Waals surface area contributed by atoms with E-state index in [1.165, 1.54) is 6.20 Å². The smallest absolute Gasteiger partial charge is 0.276 e. The van der Waals surface area contributed by atoms with Gasteiger partial charge in [-0.2, -0.15) is 13.5 Å². The van der Waals surface area contributed by atoms with Gasteiger partial charge in [0.15, 0.2) is 0 Å². The van der Waals surface area contributed by atoms with Crippen LogP contribution in [0.5, 0.6) is 5.75 Å². The van der Waals surface area contributed by atoms with Crippen molar-refractivity contribution in [1.82, 2.24) is 9.82 Å². The summed E-state index contributed by atoms with van der Waals surface area (Å²) in [5.74, 6) is -0.156.